The summed E-state index contributed by atoms with van der Waals surface area (Å²) in [7, 11) is -1.77. The highest BCUT2D eigenvalue weighted by atomic mass is 31.2. The quantitative estimate of drug-likeness (QED) is 0.0417. The third-order valence-corrected chi connectivity index (χ3v) is 14.9. The van der Waals surface area contributed by atoms with Gasteiger partial charge in [0.05, 0.1) is 0 Å². The molecule has 0 aliphatic heterocycles. The van der Waals surface area contributed by atoms with Crippen LogP contribution in [0.15, 0.2) is 60.7 Å². The van der Waals surface area contributed by atoms with Crippen molar-refractivity contribution in [3.05, 3.63) is 88.5 Å². The minimum atomic E-state index is -1.77. The minimum absolute atomic E-state index is 0.819. The first kappa shape index (κ1) is 58.8. The van der Waals surface area contributed by atoms with Gasteiger partial charge in [0.1, 0.15) is 17.2 Å². The van der Waals surface area contributed by atoms with Crippen LogP contribution >= 0.6 is 8.60 Å². The van der Waals surface area contributed by atoms with Gasteiger partial charge < -0.3 is 13.6 Å². The zero-order valence-corrected chi connectivity index (χ0v) is 45.6. The maximum atomic E-state index is 6.99. The van der Waals surface area contributed by atoms with Crippen molar-refractivity contribution in [2.75, 3.05) is 0 Å². The van der Waals surface area contributed by atoms with Crippen LogP contribution in [0, 0.1) is 0 Å². The van der Waals surface area contributed by atoms with Crippen LogP contribution in [0.25, 0.3) is 0 Å². The van der Waals surface area contributed by atoms with E-state index in [0.29, 0.717) is 0 Å². The van der Waals surface area contributed by atoms with Gasteiger partial charge in [-0.1, -0.05) is 252 Å². The van der Waals surface area contributed by atoms with Gasteiger partial charge in [-0.15, -0.1) is 0 Å². The Hall–Kier alpha value is -2.51. The van der Waals surface area contributed by atoms with Crippen molar-refractivity contribution in [2.45, 2.75) is 291 Å². The Morgan fingerprint density at radius 3 is 0.731 bits per heavy atom. The van der Waals surface area contributed by atoms with E-state index >= 15 is 0 Å². The van der Waals surface area contributed by atoms with Crippen LogP contribution in [0.3, 0.4) is 0 Å². The van der Waals surface area contributed by atoms with Crippen molar-refractivity contribution >= 4 is 8.60 Å². The molecular weight excluding hydrogens is 836 g/mol. The number of hydrogen-bond acceptors (Lipinski definition) is 3. The van der Waals surface area contributed by atoms with Crippen molar-refractivity contribution in [3.8, 4) is 17.2 Å². The molecule has 0 spiro atoms. The van der Waals surface area contributed by atoms with Gasteiger partial charge in [-0.2, -0.15) is 0 Å². The first-order valence-electron chi connectivity index (χ1n) is 29.2. The van der Waals surface area contributed by atoms with E-state index in [1.807, 2.05) is 0 Å². The summed E-state index contributed by atoms with van der Waals surface area (Å²) in [4.78, 5) is 0. The molecule has 3 nitrogen and oxygen atoms in total. The predicted molar refractivity (Wildman–Crippen MR) is 297 cm³/mol. The van der Waals surface area contributed by atoms with Crippen molar-refractivity contribution in [2.24, 2.45) is 0 Å². The lowest BCUT2D eigenvalue weighted by molar-refractivity contribution is 0.387. The molecule has 0 fully saturated rings. The van der Waals surface area contributed by atoms with Gasteiger partial charge in [0.2, 0.25) is 0 Å². The average molecular weight is 942 g/mol. The Morgan fingerprint density at radius 2 is 0.463 bits per heavy atom. The Morgan fingerprint density at radius 1 is 0.239 bits per heavy atom. The number of hydrogen-bond donors (Lipinski definition) is 0. The zero-order valence-electron chi connectivity index (χ0n) is 44.7. The summed E-state index contributed by atoms with van der Waals surface area (Å²) in [5.74, 6) is 2.60. The van der Waals surface area contributed by atoms with Crippen molar-refractivity contribution in [3.63, 3.8) is 0 Å². The fourth-order valence-corrected chi connectivity index (χ4v) is 10.6. The highest BCUT2D eigenvalue weighted by molar-refractivity contribution is 7.43. The third-order valence-electron chi connectivity index (χ3n) is 13.9. The van der Waals surface area contributed by atoms with Crippen LogP contribution in [0.1, 0.15) is 287 Å². The Kier molecular flexibility index (Phi) is 36.2. The second kappa shape index (κ2) is 41.3. The molecule has 0 atom stereocenters. The van der Waals surface area contributed by atoms with Gasteiger partial charge >= 0.3 is 8.60 Å². The lowest BCUT2D eigenvalue weighted by atomic mass is 9.99. The van der Waals surface area contributed by atoms with Gasteiger partial charge in [0.25, 0.3) is 0 Å². The lowest BCUT2D eigenvalue weighted by Gasteiger charge is -2.20. The molecule has 3 rings (SSSR count). The Labute approximate surface area is 417 Å². The van der Waals surface area contributed by atoms with E-state index in [2.05, 4.69) is 95.3 Å². The molecule has 3 aromatic carbocycles. The summed E-state index contributed by atoms with van der Waals surface area (Å²) in [6, 6.07) is 22.9. The highest BCUT2D eigenvalue weighted by Gasteiger charge is 2.22. The molecule has 4 heteroatoms. The summed E-state index contributed by atoms with van der Waals surface area (Å²) in [6.45, 7) is 11.5. The Balaban J connectivity index is 1.86. The molecule has 0 saturated heterocycles. The zero-order chi connectivity index (χ0) is 47.7. The molecule has 0 saturated carbocycles. The maximum Gasteiger partial charge on any atom is 0.530 e. The molecule has 0 heterocycles. The van der Waals surface area contributed by atoms with E-state index in [-0.39, 0.29) is 0 Å². The minimum Gasteiger partial charge on any atom is -0.409 e. The lowest BCUT2D eigenvalue weighted by Crippen LogP contribution is -2.04. The standard InChI is InChI=1S/C63H105O3P/c1-6-11-16-21-26-31-36-41-56-46-48-61(49-47-56)64-67(65-62-52-57(42-37-32-27-22-17-12-7-2)50-58(53-62)43-38-33-28-23-18-13-8-3)66-63-54-59(44-39-34-29-24-19-14-9-4)51-60(55-63)45-40-35-30-25-20-15-10-5/h46-55H,6-45H2,1-5H3. The maximum absolute atomic E-state index is 6.99. The van der Waals surface area contributed by atoms with Gasteiger partial charge in [-0.05, 0) is 128 Å². The normalized spacial score (nSPS) is 11.5. The molecule has 0 amide bonds. The summed E-state index contributed by atoms with van der Waals surface area (Å²) < 4.78 is 20.8. The molecule has 0 aliphatic carbocycles. The molecule has 0 N–H and O–H groups in total. The van der Waals surface area contributed by atoms with Crippen LogP contribution in [0.2, 0.25) is 0 Å². The van der Waals surface area contributed by atoms with E-state index in [0.717, 1.165) is 49.4 Å². The topological polar surface area (TPSA) is 27.7 Å². The van der Waals surface area contributed by atoms with Crippen molar-refractivity contribution in [1.82, 2.24) is 0 Å². The summed E-state index contributed by atoms with van der Waals surface area (Å²) in [5, 5.41) is 0. The van der Waals surface area contributed by atoms with Crippen LogP contribution in [-0.2, 0) is 32.1 Å². The van der Waals surface area contributed by atoms with E-state index < -0.39 is 8.60 Å². The van der Waals surface area contributed by atoms with E-state index in [9.17, 15) is 0 Å². The first-order chi connectivity index (χ1) is 33.1. The average Bonchev–Trinajstić information content (AvgIpc) is 3.33. The highest BCUT2D eigenvalue weighted by Crippen LogP contribution is 2.44. The molecule has 0 aliphatic rings. The SMILES string of the molecule is CCCCCCCCCc1ccc(OP(Oc2cc(CCCCCCCCC)cc(CCCCCCCCC)c2)Oc2cc(CCCCCCCCC)cc(CCCCCCCCC)c2)cc1. The molecule has 0 radical (unpaired) electrons. The van der Waals surface area contributed by atoms with Crippen molar-refractivity contribution < 1.29 is 13.6 Å². The fourth-order valence-electron chi connectivity index (χ4n) is 9.60. The molecule has 0 bridgehead atoms. The van der Waals surface area contributed by atoms with E-state index in [1.54, 1.807) is 0 Å². The van der Waals surface area contributed by atoms with E-state index in [1.165, 1.54) is 253 Å². The predicted octanol–water partition coefficient (Wildman–Crippen LogP) is 21.9. The van der Waals surface area contributed by atoms with Gasteiger partial charge in [0.15, 0.2) is 0 Å². The summed E-state index contributed by atoms with van der Waals surface area (Å²) in [5.41, 5.74) is 6.95. The van der Waals surface area contributed by atoms with Crippen LogP contribution in [0.5, 0.6) is 17.2 Å². The van der Waals surface area contributed by atoms with Gasteiger partial charge in [0, 0.05) is 0 Å². The second-order valence-electron chi connectivity index (χ2n) is 20.5. The molecule has 380 valence electrons. The number of unbranched alkanes of at least 4 members (excludes halogenated alkanes) is 30. The third kappa shape index (κ3) is 30.7. The fraction of sp³-hybridized carbons (Fsp3) is 0.714. The number of rotatable bonds is 46. The Bertz CT molecular complexity index is 1410. The largest absolute Gasteiger partial charge is 0.530 e. The summed E-state index contributed by atoms with van der Waals surface area (Å²) >= 11 is 0. The smallest absolute Gasteiger partial charge is 0.409 e. The molecular formula is C63H105O3P. The van der Waals surface area contributed by atoms with Gasteiger partial charge in [-0.3, -0.25) is 0 Å². The van der Waals surface area contributed by atoms with Crippen LogP contribution in [-0.4, -0.2) is 0 Å². The molecule has 3 aromatic rings. The second-order valence-corrected chi connectivity index (χ2v) is 21.5. The van der Waals surface area contributed by atoms with Crippen LogP contribution < -0.4 is 13.6 Å². The molecule has 0 aromatic heterocycles. The monoisotopic (exact) mass is 941 g/mol. The van der Waals surface area contributed by atoms with Crippen LogP contribution in [0.4, 0.5) is 0 Å². The van der Waals surface area contributed by atoms with E-state index in [4.69, 9.17) is 13.6 Å². The summed E-state index contributed by atoms with van der Waals surface area (Å²) in [6.07, 6.45) is 51.9. The number of aryl methyl sites for hydroxylation is 5. The van der Waals surface area contributed by atoms with Gasteiger partial charge in [-0.25, -0.2) is 0 Å². The molecule has 67 heavy (non-hydrogen) atoms. The molecule has 0 unspecified atom stereocenters. The number of benzene rings is 3. The van der Waals surface area contributed by atoms with Crippen molar-refractivity contribution in [1.29, 1.82) is 0 Å². The first-order valence-corrected chi connectivity index (χ1v) is 30.3.